The number of halogens is 1. The molecule has 0 spiro atoms. The molecular formula is C30H26ClN5O7S2. The van der Waals surface area contributed by atoms with Crippen molar-refractivity contribution in [2.45, 2.75) is 49.9 Å². The third kappa shape index (κ3) is 6.62. The number of aromatic nitrogens is 3. The van der Waals surface area contributed by atoms with Gasteiger partial charge in [0.05, 0.1) is 33.9 Å². The van der Waals surface area contributed by atoms with E-state index in [2.05, 4.69) is 15.0 Å². The predicted octanol–water partition coefficient (Wildman–Crippen LogP) is 4.30. The van der Waals surface area contributed by atoms with Crippen molar-refractivity contribution in [2.24, 2.45) is 4.99 Å². The van der Waals surface area contributed by atoms with Crippen LogP contribution in [0.5, 0.6) is 5.75 Å². The zero-order valence-electron chi connectivity index (χ0n) is 24.6. The third-order valence-corrected chi connectivity index (χ3v) is 8.81. The van der Waals surface area contributed by atoms with Crippen LogP contribution in [0.3, 0.4) is 0 Å². The Morgan fingerprint density at radius 1 is 1.20 bits per heavy atom. The maximum absolute atomic E-state index is 14.2. The van der Waals surface area contributed by atoms with E-state index in [1.165, 1.54) is 42.0 Å². The maximum Gasteiger partial charge on any atom is 0.338 e. The highest BCUT2D eigenvalue weighted by Gasteiger charge is 2.35. The molecule has 0 aliphatic carbocycles. The lowest BCUT2D eigenvalue weighted by atomic mass is 9.95. The van der Waals surface area contributed by atoms with Crippen molar-refractivity contribution in [1.29, 1.82) is 0 Å². The minimum absolute atomic E-state index is 0.143. The highest BCUT2D eigenvalue weighted by molar-refractivity contribution is 7.99. The molecule has 15 heteroatoms. The van der Waals surface area contributed by atoms with E-state index < -0.39 is 28.6 Å². The van der Waals surface area contributed by atoms with E-state index in [4.69, 9.17) is 21.1 Å². The molecule has 0 amide bonds. The SMILES string of the molecule is COc1ccc(Cl)cc1[C@@H]1C(C(=O)OC(C)C)=C(C)N=c2s/c(=C\c3cc([N+](=O)[O-])ccc3Sc3nc(C)cc(=O)[nH]3)c(=O)n21. The summed E-state index contributed by atoms with van der Waals surface area (Å²) in [5.74, 6) is -0.259. The fourth-order valence-corrected chi connectivity index (χ4v) is 6.91. The van der Waals surface area contributed by atoms with Crippen LogP contribution in [0.1, 0.15) is 43.6 Å². The number of fused-ring (bicyclic) bond motifs is 1. The standard InChI is InChI=1S/C30H26ClN5O7S2/c1-14(2)43-28(39)25-16(4)33-30-35(26(25)20-13-18(31)6-8-21(20)42-5)27(38)23(45-30)12-17-11-19(36(40)41)7-9-22(17)44-29-32-15(3)10-24(37)34-29/h6-14,26H,1-5H3,(H,32,34,37)/b23-12-/t26-/m1/s1. The number of carbonyl (C=O) groups is 1. The molecule has 3 heterocycles. The minimum Gasteiger partial charge on any atom is -0.496 e. The van der Waals surface area contributed by atoms with Crippen LogP contribution in [0.4, 0.5) is 5.69 Å². The summed E-state index contributed by atoms with van der Waals surface area (Å²) in [6, 6.07) is 9.44. The molecule has 1 N–H and O–H groups in total. The lowest BCUT2D eigenvalue weighted by Crippen LogP contribution is -2.40. The quantitative estimate of drug-likeness (QED) is 0.125. The summed E-state index contributed by atoms with van der Waals surface area (Å²) in [5.41, 5.74) is 0.736. The Morgan fingerprint density at radius 3 is 2.62 bits per heavy atom. The van der Waals surface area contributed by atoms with E-state index in [1.54, 1.807) is 45.9 Å². The lowest BCUT2D eigenvalue weighted by Gasteiger charge is -2.26. The second kappa shape index (κ2) is 12.8. The highest BCUT2D eigenvalue weighted by Crippen LogP contribution is 2.37. The highest BCUT2D eigenvalue weighted by atomic mass is 35.5. The monoisotopic (exact) mass is 667 g/mol. The fraction of sp³-hybridized carbons (Fsp3) is 0.233. The van der Waals surface area contributed by atoms with Crippen molar-refractivity contribution < 1.29 is 19.2 Å². The van der Waals surface area contributed by atoms with Crippen LogP contribution in [0.15, 0.2) is 78.4 Å². The van der Waals surface area contributed by atoms with Gasteiger partial charge in [-0.25, -0.2) is 14.8 Å². The van der Waals surface area contributed by atoms with Gasteiger partial charge in [-0.05, 0) is 63.6 Å². The van der Waals surface area contributed by atoms with Crippen LogP contribution in [-0.2, 0) is 9.53 Å². The van der Waals surface area contributed by atoms with E-state index in [9.17, 15) is 24.5 Å². The molecule has 1 aliphatic rings. The molecule has 0 bridgehead atoms. The van der Waals surface area contributed by atoms with Crippen LogP contribution >= 0.6 is 34.7 Å². The number of aromatic amines is 1. The Labute approximate surface area is 268 Å². The number of allylic oxidation sites excluding steroid dienone is 1. The molecule has 12 nitrogen and oxygen atoms in total. The first-order valence-corrected chi connectivity index (χ1v) is 15.5. The average Bonchev–Trinajstić information content (AvgIpc) is 3.26. The second-order valence-electron chi connectivity index (χ2n) is 10.2. The molecule has 2 aromatic carbocycles. The Bertz CT molecular complexity index is 2140. The Kier molecular flexibility index (Phi) is 9.09. The number of benzene rings is 2. The van der Waals surface area contributed by atoms with E-state index in [-0.39, 0.29) is 26.5 Å². The Morgan fingerprint density at radius 2 is 1.96 bits per heavy atom. The number of methoxy groups -OCH3 is 1. The summed E-state index contributed by atoms with van der Waals surface area (Å²) in [5, 5.41) is 12.3. The molecule has 232 valence electrons. The van der Waals surface area contributed by atoms with Gasteiger partial charge in [-0.2, -0.15) is 0 Å². The van der Waals surface area contributed by atoms with Crippen LogP contribution in [0, 0.1) is 17.0 Å². The molecule has 45 heavy (non-hydrogen) atoms. The Hall–Kier alpha value is -4.53. The van der Waals surface area contributed by atoms with Gasteiger partial charge >= 0.3 is 5.97 Å². The van der Waals surface area contributed by atoms with Crippen molar-refractivity contribution in [1.82, 2.24) is 14.5 Å². The number of H-pyrrole nitrogens is 1. The number of carbonyl (C=O) groups excluding carboxylic acids is 1. The van der Waals surface area contributed by atoms with Gasteiger partial charge in [-0.15, -0.1) is 0 Å². The number of thiazole rings is 1. The van der Waals surface area contributed by atoms with E-state index in [0.717, 1.165) is 23.1 Å². The molecule has 0 fully saturated rings. The van der Waals surface area contributed by atoms with Crippen LogP contribution in [0.2, 0.25) is 5.02 Å². The second-order valence-corrected chi connectivity index (χ2v) is 12.7. The molecule has 1 atom stereocenters. The zero-order chi connectivity index (χ0) is 32.6. The molecule has 4 aromatic rings. The molecule has 0 saturated carbocycles. The number of hydrogen-bond donors (Lipinski definition) is 1. The van der Waals surface area contributed by atoms with Gasteiger partial charge in [0.1, 0.15) is 11.8 Å². The van der Waals surface area contributed by atoms with Gasteiger partial charge in [0, 0.05) is 39.4 Å². The first-order valence-electron chi connectivity index (χ1n) is 13.5. The number of nitrogens with zero attached hydrogens (tertiary/aromatic N) is 4. The predicted molar refractivity (Wildman–Crippen MR) is 170 cm³/mol. The van der Waals surface area contributed by atoms with Gasteiger partial charge in [0.2, 0.25) is 0 Å². The summed E-state index contributed by atoms with van der Waals surface area (Å²) in [6.07, 6.45) is 1.08. The number of aryl methyl sites for hydroxylation is 1. The van der Waals surface area contributed by atoms with Crippen molar-refractivity contribution in [3.05, 3.63) is 116 Å². The van der Waals surface area contributed by atoms with Gasteiger partial charge in [0.15, 0.2) is 9.96 Å². The number of rotatable bonds is 8. The lowest BCUT2D eigenvalue weighted by molar-refractivity contribution is -0.384. The van der Waals surface area contributed by atoms with E-state index >= 15 is 0 Å². The number of hydrogen-bond acceptors (Lipinski definition) is 11. The topological polar surface area (TPSA) is 159 Å². The van der Waals surface area contributed by atoms with Crippen LogP contribution in [-0.4, -0.2) is 38.6 Å². The van der Waals surface area contributed by atoms with Crippen molar-refractivity contribution in [3.63, 3.8) is 0 Å². The summed E-state index contributed by atoms with van der Waals surface area (Å²) < 4.78 is 12.7. The van der Waals surface area contributed by atoms with Gasteiger partial charge in [0.25, 0.3) is 16.8 Å². The number of ether oxygens (including phenoxy) is 2. The summed E-state index contributed by atoms with van der Waals surface area (Å²) in [6.45, 7) is 6.77. The van der Waals surface area contributed by atoms with E-state index in [1.807, 2.05) is 0 Å². The van der Waals surface area contributed by atoms with Crippen LogP contribution < -0.4 is 25.2 Å². The first-order chi connectivity index (χ1) is 21.4. The number of nitro benzene ring substituents is 1. The molecule has 5 rings (SSSR count). The molecule has 1 aliphatic heterocycles. The minimum atomic E-state index is -0.996. The number of nitro groups is 1. The van der Waals surface area contributed by atoms with Gasteiger partial charge in [-0.3, -0.25) is 24.3 Å². The first kappa shape index (κ1) is 31.9. The van der Waals surface area contributed by atoms with Crippen molar-refractivity contribution in [3.8, 4) is 5.75 Å². The van der Waals surface area contributed by atoms with Crippen molar-refractivity contribution >= 4 is 52.4 Å². The van der Waals surface area contributed by atoms with Crippen molar-refractivity contribution in [2.75, 3.05) is 7.11 Å². The largest absolute Gasteiger partial charge is 0.496 e. The van der Waals surface area contributed by atoms with Gasteiger partial charge in [-0.1, -0.05) is 34.7 Å². The number of esters is 1. The summed E-state index contributed by atoms with van der Waals surface area (Å²) in [4.78, 5) is 63.2. The third-order valence-electron chi connectivity index (χ3n) is 6.62. The number of non-ortho nitro benzene ring substituents is 1. The fourth-order valence-electron chi connectivity index (χ4n) is 4.77. The maximum atomic E-state index is 14.2. The molecule has 2 aromatic heterocycles. The summed E-state index contributed by atoms with van der Waals surface area (Å²) >= 11 is 8.52. The zero-order valence-corrected chi connectivity index (χ0v) is 27.0. The van der Waals surface area contributed by atoms with Crippen LogP contribution in [0.25, 0.3) is 6.08 Å². The smallest absolute Gasteiger partial charge is 0.338 e. The normalized spacial score (nSPS) is 14.7. The summed E-state index contributed by atoms with van der Waals surface area (Å²) in [7, 11) is 1.47. The molecule has 0 unspecified atom stereocenters. The van der Waals surface area contributed by atoms with E-state index in [0.29, 0.717) is 43.0 Å². The average molecular weight is 668 g/mol. The Balaban J connectivity index is 1.75. The van der Waals surface area contributed by atoms with Gasteiger partial charge < -0.3 is 14.5 Å². The molecule has 0 radical (unpaired) electrons. The molecule has 0 saturated heterocycles. The number of nitrogens with one attached hydrogen (secondary N) is 1. The molecular weight excluding hydrogens is 642 g/mol.